The molecule has 0 saturated heterocycles. The van der Waals surface area contributed by atoms with Crippen LogP contribution in [0.5, 0.6) is 23.4 Å². The zero-order chi connectivity index (χ0) is 29.6. The molecule has 13 nitrogen and oxygen atoms in total. The highest BCUT2D eigenvalue weighted by atomic mass is 16.6. The predicted octanol–water partition coefficient (Wildman–Crippen LogP) is 4.84. The molecule has 0 fully saturated rings. The van der Waals surface area contributed by atoms with Gasteiger partial charge in [-0.3, -0.25) is 15.1 Å². The number of hydrogen-bond acceptors (Lipinski definition) is 11. The average molecular weight is 566 g/mol. The van der Waals surface area contributed by atoms with Gasteiger partial charge in [-0.25, -0.2) is 4.79 Å². The van der Waals surface area contributed by atoms with E-state index in [-0.39, 0.29) is 35.2 Å². The number of rotatable bonds is 10. The van der Waals surface area contributed by atoms with Gasteiger partial charge in [0.1, 0.15) is 22.9 Å². The van der Waals surface area contributed by atoms with Crippen molar-refractivity contribution in [2.24, 2.45) is 4.99 Å². The van der Waals surface area contributed by atoms with E-state index in [4.69, 9.17) is 9.47 Å². The molecule has 42 heavy (non-hydrogen) atoms. The van der Waals surface area contributed by atoms with E-state index in [2.05, 4.69) is 20.3 Å². The molecular formula is C29H23N7O6. The van der Waals surface area contributed by atoms with E-state index >= 15 is 0 Å². The zero-order valence-corrected chi connectivity index (χ0v) is 22.2. The molecule has 0 saturated carbocycles. The minimum Gasteiger partial charge on any atom is -0.478 e. The summed E-state index contributed by atoms with van der Waals surface area (Å²) in [5.41, 5.74) is 0.735. The first-order chi connectivity index (χ1) is 20.3. The summed E-state index contributed by atoms with van der Waals surface area (Å²) in [6, 6.07) is 21.4. The highest BCUT2D eigenvalue weighted by Gasteiger charge is 2.29. The Kier molecular flexibility index (Phi) is 7.87. The largest absolute Gasteiger partial charge is 0.478 e. The van der Waals surface area contributed by atoms with Crippen LogP contribution in [0.2, 0.25) is 0 Å². The molecule has 0 bridgehead atoms. The van der Waals surface area contributed by atoms with Crippen LogP contribution in [0.25, 0.3) is 0 Å². The number of nitriles is 1. The van der Waals surface area contributed by atoms with Gasteiger partial charge in [-0.05, 0) is 35.9 Å². The lowest BCUT2D eigenvalue weighted by molar-refractivity contribution is -0.385. The van der Waals surface area contributed by atoms with Gasteiger partial charge < -0.3 is 24.8 Å². The van der Waals surface area contributed by atoms with Crippen molar-refractivity contribution in [1.29, 1.82) is 5.26 Å². The molecular weight excluding hydrogens is 542 g/mol. The van der Waals surface area contributed by atoms with E-state index in [9.17, 15) is 25.3 Å². The number of hydrogen-bond donors (Lipinski definition) is 2. The van der Waals surface area contributed by atoms with Crippen molar-refractivity contribution < 1.29 is 24.3 Å². The van der Waals surface area contributed by atoms with Gasteiger partial charge in [-0.1, -0.05) is 42.5 Å². The van der Waals surface area contributed by atoms with Gasteiger partial charge >= 0.3 is 23.5 Å². The molecule has 13 heteroatoms. The summed E-state index contributed by atoms with van der Waals surface area (Å²) in [6.07, 6.45) is 0. The highest BCUT2D eigenvalue weighted by Crippen LogP contribution is 2.39. The van der Waals surface area contributed by atoms with E-state index in [1.54, 1.807) is 18.2 Å². The van der Waals surface area contributed by atoms with Crippen molar-refractivity contribution >= 4 is 23.3 Å². The SMILES string of the molecule is CN1CCN=C1c1cccc(Oc2nc(NCc3ccccc3)c([N+](=O)[O-])c(Oc3cc(C#N)ccc3C(=O)O)n2)c1. The topological polar surface area (TPSA) is 176 Å². The van der Waals surface area contributed by atoms with Crippen LogP contribution in [0, 0.1) is 21.4 Å². The maximum absolute atomic E-state index is 12.3. The third-order valence-electron chi connectivity index (χ3n) is 6.22. The second kappa shape index (κ2) is 12.0. The molecule has 0 amide bonds. The molecule has 2 N–H and O–H groups in total. The molecule has 3 aromatic carbocycles. The van der Waals surface area contributed by atoms with Crippen molar-refractivity contribution in [2.45, 2.75) is 6.54 Å². The van der Waals surface area contributed by atoms with Crippen LogP contribution in [-0.4, -0.2) is 56.8 Å². The standard InChI is InChI=1S/C29H23N7O6/c1-35-13-12-31-26(35)20-8-5-9-21(15-20)41-29-33-25(32-17-18-6-3-2-4-7-18)24(36(39)40)27(34-29)42-23-14-19(16-30)10-11-22(23)28(37)38/h2-11,14-15H,12-13,17H2,1H3,(H,37,38)(H,32,33,34). The molecule has 2 heterocycles. The Morgan fingerprint density at radius 3 is 2.62 bits per heavy atom. The lowest BCUT2D eigenvalue weighted by atomic mass is 10.1. The van der Waals surface area contributed by atoms with Gasteiger partial charge in [0.2, 0.25) is 5.82 Å². The van der Waals surface area contributed by atoms with Crippen LogP contribution in [0.4, 0.5) is 11.5 Å². The number of nitro groups is 1. The number of carboxylic acids is 1. The first-order valence-electron chi connectivity index (χ1n) is 12.7. The summed E-state index contributed by atoms with van der Waals surface area (Å²) in [5.74, 6) is -1.34. The van der Waals surface area contributed by atoms with Crippen molar-refractivity contribution in [3.63, 3.8) is 0 Å². The van der Waals surface area contributed by atoms with Crippen LogP contribution in [0.15, 0.2) is 77.8 Å². The number of benzene rings is 3. The summed E-state index contributed by atoms with van der Waals surface area (Å²) < 4.78 is 11.7. The number of amidine groups is 1. The highest BCUT2D eigenvalue weighted by molar-refractivity contribution is 5.99. The van der Waals surface area contributed by atoms with Crippen molar-refractivity contribution in [2.75, 3.05) is 25.5 Å². The van der Waals surface area contributed by atoms with Crippen LogP contribution >= 0.6 is 0 Å². The van der Waals surface area contributed by atoms with Crippen molar-refractivity contribution in [3.05, 3.63) is 105 Å². The molecule has 4 aromatic rings. The number of ether oxygens (including phenoxy) is 2. The average Bonchev–Trinajstić information content (AvgIpc) is 3.42. The normalized spacial score (nSPS) is 12.3. The number of nitrogens with zero attached hydrogens (tertiary/aromatic N) is 6. The van der Waals surface area contributed by atoms with Gasteiger partial charge in [-0.15, -0.1) is 0 Å². The molecule has 210 valence electrons. The van der Waals surface area contributed by atoms with E-state index < -0.39 is 22.5 Å². The van der Waals surface area contributed by atoms with Crippen molar-refractivity contribution in [1.82, 2.24) is 14.9 Å². The number of carboxylic acid groups (broad SMARTS) is 1. The Balaban J connectivity index is 1.58. The number of likely N-dealkylation sites (N-methyl/N-ethyl adjacent to an activating group) is 1. The lowest BCUT2D eigenvalue weighted by Crippen LogP contribution is -2.23. The molecule has 0 unspecified atom stereocenters. The van der Waals surface area contributed by atoms with Crippen LogP contribution in [-0.2, 0) is 6.54 Å². The number of aromatic nitrogens is 2. The molecule has 1 aliphatic heterocycles. The smallest absolute Gasteiger partial charge is 0.373 e. The molecule has 0 atom stereocenters. The van der Waals surface area contributed by atoms with Gasteiger partial charge in [0, 0.05) is 25.7 Å². The minimum absolute atomic E-state index is 0.0854. The molecule has 1 aromatic heterocycles. The molecule has 0 aliphatic carbocycles. The third-order valence-corrected chi connectivity index (χ3v) is 6.22. The molecule has 5 rings (SSSR count). The minimum atomic E-state index is -1.36. The van der Waals surface area contributed by atoms with E-state index in [1.165, 1.54) is 12.1 Å². The predicted molar refractivity (Wildman–Crippen MR) is 151 cm³/mol. The molecule has 1 aliphatic rings. The Bertz CT molecular complexity index is 1740. The number of nitrogens with one attached hydrogen (secondary N) is 1. The Morgan fingerprint density at radius 2 is 1.93 bits per heavy atom. The molecule has 0 spiro atoms. The maximum atomic E-state index is 12.3. The Labute approximate surface area is 239 Å². The summed E-state index contributed by atoms with van der Waals surface area (Å²) in [4.78, 5) is 38.3. The fourth-order valence-electron chi connectivity index (χ4n) is 4.21. The third kappa shape index (κ3) is 6.07. The monoisotopic (exact) mass is 565 g/mol. The zero-order valence-electron chi connectivity index (χ0n) is 22.2. The Hall–Kier alpha value is -6.03. The first kappa shape index (κ1) is 27.5. The summed E-state index contributed by atoms with van der Waals surface area (Å²) in [6.45, 7) is 1.63. The fourth-order valence-corrected chi connectivity index (χ4v) is 4.21. The van der Waals surface area contributed by atoms with Crippen LogP contribution in [0.1, 0.15) is 27.0 Å². The van der Waals surface area contributed by atoms with E-state index in [1.807, 2.05) is 54.4 Å². The van der Waals surface area contributed by atoms with Gasteiger partial charge in [0.25, 0.3) is 0 Å². The number of aliphatic imine (C=N–C) groups is 1. The first-order valence-corrected chi connectivity index (χ1v) is 12.7. The molecule has 0 radical (unpaired) electrons. The van der Waals surface area contributed by atoms with Crippen LogP contribution in [0.3, 0.4) is 0 Å². The summed E-state index contributed by atoms with van der Waals surface area (Å²) >= 11 is 0. The van der Waals surface area contributed by atoms with Gasteiger partial charge in [0.15, 0.2) is 0 Å². The summed E-state index contributed by atoms with van der Waals surface area (Å²) in [7, 11) is 1.93. The fraction of sp³-hybridized carbons (Fsp3) is 0.138. The maximum Gasteiger partial charge on any atom is 0.373 e. The number of aromatic carboxylic acids is 1. The second-order valence-electron chi connectivity index (χ2n) is 9.09. The van der Waals surface area contributed by atoms with Crippen LogP contribution < -0.4 is 14.8 Å². The number of carbonyl (C=O) groups is 1. The van der Waals surface area contributed by atoms with Gasteiger partial charge in [0.05, 0.1) is 23.1 Å². The second-order valence-corrected chi connectivity index (χ2v) is 9.09. The quantitative estimate of drug-likeness (QED) is 0.199. The Morgan fingerprint density at radius 1 is 1.12 bits per heavy atom. The van der Waals surface area contributed by atoms with E-state index in [0.717, 1.165) is 29.6 Å². The number of anilines is 1. The van der Waals surface area contributed by atoms with E-state index in [0.29, 0.717) is 12.3 Å². The van der Waals surface area contributed by atoms with Crippen molar-refractivity contribution in [3.8, 4) is 29.5 Å². The summed E-state index contributed by atoms with van der Waals surface area (Å²) in [5, 5.41) is 34.2. The lowest BCUT2D eigenvalue weighted by Gasteiger charge is -2.15. The van der Waals surface area contributed by atoms with Gasteiger partial charge in [-0.2, -0.15) is 15.2 Å².